The van der Waals surface area contributed by atoms with E-state index in [1.165, 1.54) is 11.2 Å². The summed E-state index contributed by atoms with van der Waals surface area (Å²) in [5.74, 6) is -0.700. The molecule has 1 aliphatic heterocycles. The summed E-state index contributed by atoms with van der Waals surface area (Å²) in [5.41, 5.74) is 1.79. The molecule has 2 aromatic carbocycles. The molecule has 0 aliphatic carbocycles. The van der Waals surface area contributed by atoms with E-state index in [0.29, 0.717) is 28.0 Å². The third-order valence-corrected chi connectivity index (χ3v) is 4.74. The number of nitrogens with one attached hydrogen (secondary N) is 1. The summed E-state index contributed by atoms with van der Waals surface area (Å²) < 4.78 is 5.10. The molecule has 1 atom stereocenters. The largest absolute Gasteiger partial charge is 0.467 e. The third kappa shape index (κ3) is 3.68. The second kappa shape index (κ2) is 7.73. The van der Waals surface area contributed by atoms with Crippen LogP contribution in [0, 0.1) is 0 Å². The van der Waals surface area contributed by atoms with Crippen LogP contribution in [0.15, 0.2) is 71.3 Å². The summed E-state index contributed by atoms with van der Waals surface area (Å²) in [4.78, 5) is 38.6. The average molecular weight is 390 g/mol. The molecule has 1 aromatic heterocycles. The quantitative estimate of drug-likeness (QED) is 0.630. The predicted octanol–water partition coefficient (Wildman–Crippen LogP) is 2.54. The van der Waals surface area contributed by atoms with E-state index in [1.54, 1.807) is 60.7 Å². The Morgan fingerprint density at radius 3 is 2.38 bits per heavy atom. The Morgan fingerprint density at radius 1 is 1.00 bits per heavy atom. The average Bonchev–Trinajstić information content (AvgIpc) is 3.36. The van der Waals surface area contributed by atoms with Gasteiger partial charge in [-0.05, 0) is 42.0 Å². The Labute approximate surface area is 166 Å². The van der Waals surface area contributed by atoms with E-state index >= 15 is 0 Å². The van der Waals surface area contributed by atoms with Crippen LogP contribution in [0.2, 0.25) is 0 Å². The molecule has 2 N–H and O–H groups in total. The minimum atomic E-state index is -0.949. The normalized spacial score (nSPS) is 14.0. The zero-order valence-corrected chi connectivity index (χ0v) is 15.4. The maximum atomic E-state index is 12.5. The van der Waals surface area contributed by atoms with Gasteiger partial charge < -0.3 is 14.8 Å². The van der Waals surface area contributed by atoms with E-state index in [1.807, 2.05) is 0 Å². The van der Waals surface area contributed by atoms with Gasteiger partial charge in [0, 0.05) is 5.56 Å². The minimum Gasteiger partial charge on any atom is -0.467 e. The summed E-state index contributed by atoms with van der Waals surface area (Å²) >= 11 is 0. The molecule has 0 fully saturated rings. The molecule has 3 amide bonds. The number of carbonyl (C=O) groups is 3. The van der Waals surface area contributed by atoms with Crippen molar-refractivity contribution < 1.29 is 23.9 Å². The number of hydrogen-bond donors (Lipinski definition) is 2. The SMILES string of the molecule is O=C(NCC(O)c1ccco1)c1cccc(CN2C(=O)c3ccccc3C2=O)c1. The summed E-state index contributed by atoms with van der Waals surface area (Å²) in [6.45, 7) is 0.0669. The second-order valence-corrected chi connectivity index (χ2v) is 6.68. The number of hydrogen-bond acceptors (Lipinski definition) is 5. The molecule has 0 saturated carbocycles. The molecular weight excluding hydrogens is 372 g/mol. The van der Waals surface area contributed by atoms with Crippen LogP contribution < -0.4 is 5.32 Å². The number of imide groups is 1. The van der Waals surface area contributed by atoms with Crippen molar-refractivity contribution in [3.63, 3.8) is 0 Å². The third-order valence-electron chi connectivity index (χ3n) is 4.74. The van der Waals surface area contributed by atoms with Gasteiger partial charge in [0.2, 0.25) is 0 Å². The molecule has 7 nitrogen and oxygen atoms in total. The van der Waals surface area contributed by atoms with Crippen molar-refractivity contribution in [1.82, 2.24) is 10.2 Å². The van der Waals surface area contributed by atoms with Gasteiger partial charge in [0.15, 0.2) is 0 Å². The van der Waals surface area contributed by atoms with E-state index in [4.69, 9.17) is 4.42 Å². The molecule has 4 rings (SSSR count). The maximum absolute atomic E-state index is 12.5. The molecule has 146 valence electrons. The smallest absolute Gasteiger partial charge is 0.261 e. The molecule has 0 saturated heterocycles. The van der Waals surface area contributed by atoms with Crippen LogP contribution in [-0.2, 0) is 6.54 Å². The fourth-order valence-corrected chi connectivity index (χ4v) is 3.25. The van der Waals surface area contributed by atoms with Crippen LogP contribution in [-0.4, -0.2) is 34.3 Å². The number of amides is 3. The van der Waals surface area contributed by atoms with Crippen LogP contribution in [0.25, 0.3) is 0 Å². The summed E-state index contributed by atoms with van der Waals surface area (Å²) in [6.07, 6.45) is 0.499. The fourth-order valence-electron chi connectivity index (χ4n) is 3.25. The highest BCUT2D eigenvalue weighted by molar-refractivity contribution is 6.21. The first-order chi connectivity index (χ1) is 14.0. The summed E-state index contributed by atoms with van der Waals surface area (Å²) in [7, 11) is 0. The van der Waals surface area contributed by atoms with Crippen molar-refractivity contribution >= 4 is 17.7 Å². The molecule has 0 radical (unpaired) electrons. The zero-order valence-electron chi connectivity index (χ0n) is 15.4. The van der Waals surface area contributed by atoms with Gasteiger partial charge in [-0.1, -0.05) is 24.3 Å². The minimum absolute atomic E-state index is 0.00498. The van der Waals surface area contributed by atoms with Gasteiger partial charge in [0.25, 0.3) is 17.7 Å². The van der Waals surface area contributed by atoms with E-state index in [2.05, 4.69) is 5.32 Å². The molecule has 1 unspecified atom stereocenters. The number of fused-ring (bicyclic) bond motifs is 1. The molecule has 0 spiro atoms. The van der Waals surface area contributed by atoms with Crippen molar-refractivity contribution in [1.29, 1.82) is 0 Å². The predicted molar refractivity (Wildman–Crippen MR) is 103 cm³/mol. The Bertz CT molecular complexity index is 1040. The molecule has 29 heavy (non-hydrogen) atoms. The van der Waals surface area contributed by atoms with Crippen LogP contribution in [0.4, 0.5) is 0 Å². The lowest BCUT2D eigenvalue weighted by molar-refractivity contribution is 0.0642. The van der Waals surface area contributed by atoms with Crippen LogP contribution in [0.3, 0.4) is 0 Å². The van der Waals surface area contributed by atoms with E-state index in [9.17, 15) is 19.5 Å². The van der Waals surface area contributed by atoms with Crippen LogP contribution in [0.1, 0.15) is 48.5 Å². The van der Waals surface area contributed by atoms with Gasteiger partial charge in [-0.15, -0.1) is 0 Å². The van der Waals surface area contributed by atoms with E-state index in [0.717, 1.165) is 0 Å². The molecular formula is C22H18N2O5. The zero-order chi connectivity index (χ0) is 20.4. The number of benzene rings is 2. The molecule has 1 aliphatic rings. The van der Waals surface area contributed by atoms with Crippen LogP contribution in [0.5, 0.6) is 0 Å². The van der Waals surface area contributed by atoms with Gasteiger partial charge >= 0.3 is 0 Å². The lowest BCUT2D eigenvalue weighted by Gasteiger charge is -2.15. The Balaban J connectivity index is 1.43. The number of carbonyl (C=O) groups excluding carboxylic acids is 3. The summed E-state index contributed by atoms with van der Waals surface area (Å²) in [5, 5.41) is 12.6. The second-order valence-electron chi connectivity index (χ2n) is 6.68. The highest BCUT2D eigenvalue weighted by Gasteiger charge is 2.35. The Kier molecular flexibility index (Phi) is 4.97. The molecule has 3 aromatic rings. The fraction of sp³-hybridized carbons (Fsp3) is 0.136. The number of aliphatic hydroxyl groups is 1. The lowest BCUT2D eigenvalue weighted by atomic mass is 10.1. The van der Waals surface area contributed by atoms with Gasteiger partial charge in [0.1, 0.15) is 11.9 Å². The topological polar surface area (TPSA) is 99.8 Å². The first-order valence-corrected chi connectivity index (χ1v) is 9.08. The molecule has 2 heterocycles. The van der Waals surface area contributed by atoms with E-state index in [-0.39, 0.29) is 30.8 Å². The maximum Gasteiger partial charge on any atom is 0.261 e. The first kappa shape index (κ1) is 18.6. The van der Waals surface area contributed by atoms with Crippen molar-refractivity contribution in [2.75, 3.05) is 6.54 Å². The van der Waals surface area contributed by atoms with Gasteiger partial charge in [-0.25, -0.2) is 0 Å². The Hall–Kier alpha value is -3.71. The van der Waals surface area contributed by atoms with Crippen molar-refractivity contribution in [3.05, 3.63) is 94.9 Å². The highest BCUT2D eigenvalue weighted by Crippen LogP contribution is 2.24. The van der Waals surface area contributed by atoms with Crippen molar-refractivity contribution in [2.45, 2.75) is 12.6 Å². The van der Waals surface area contributed by atoms with Crippen molar-refractivity contribution in [3.8, 4) is 0 Å². The lowest BCUT2D eigenvalue weighted by Crippen LogP contribution is -2.30. The monoisotopic (exact) mass is 390 g/mol. The number of aliphatic hydroxyl groups excluding tert-OH is 1. The molecule has 0 bridgehead atoms. The number of rotatable bonds is 6. The van der Waals surface area contributed by atoms with Gasteiger partial charge in [-0.2, -0.15) is 0 Å². The number of furan rings is 1. The first-order valence-electron chi connectivity index (χ1n) is 9.08. The number of nitrogens with zero attached hydrogens (tertiary/aromatic N) is 1. The molecule has 7 heteroatoms. The standard InChI is InChI=1S/C22H18N2O5/c25-18(19-9-4-10-29-19)12-23-20(26)15-6-3-5-14(11-15)13-24-21(27)16-7-1-2-8-17(16)22(24)28/h1-11,18,25H,12-13H2,(H,23,26). The van der Waals surface area contributed by atoms with Crippen molar-refractivity contribution in [2.24, 2.45) is 0 Å². The van der Waals surface area contributed by atoms with Gasteiger partial charge in [-0.3, -0.25) is 19.3 Å². The highest BCUT2D eigenvalue weighted by atomic mass is 16.4. The van der Waals surface area contributed by atoms with Gasteiger partial charge in [0.05, 0.1) is 30.5 Å². The van der Waals surface area contributed by atoms with E-state index < -0.39 is 6.10 Å². The van der Waals surface area contributed by atoms with Crippen LogP contribution >= 0.6 is 0 Å². The Morgan fingerprint density at radius 2 is 1.72 bits per heavy atom. The summed E-state index contributed by atoms with van der Waals surface area (Å²) in [6, 6.07) is 16.7.